The van der Waals surface area contributed by atoms with Crippen molar-refractivity contribution in [1.29, 1.82) is 0 Å². The highest BCUT2D eigenvalue weighted by molar-refractivity contribution is 6.74. The van der Waals surface area contributed by atoms with E-state index in [1.165, 1.54) is 0 Å². The number of carbonyl (C=O) groups is 2. The molecule has 0 unspecified atom stereocenters. The van der Waals surface area contributed by atoms with Crippen LogP contribution in [0.2, 0.25) is 18.1 Å². The first kappa shape index (κ1) is 31.4. The van der Waals surface area contributed by atoms with Crippen molar-refractivity contribution in [1.82, 2.24) is 5.32 Å². The second-order valence-corrected chi connectivity index (χ2v) is 17.6. The van der Waals surface area contributed by atoms with Gasteiger partial charge in [-0.3, -0.25) is 4.79 Å². The summed E-state index contributed by atoms with van der Waals surface area (Å²) in [4.78, 5) is 24.1. The molecule has 0 radical (unpaired) electrons. The highest BCUT2D eigenvalue weighted by Gasteiger charge is 2.43. The molecule has 2 atom stereocenters. The Morgan fingerprint density at radius 2 is 1.73 bits per heavy atom. The fourth-order valence-electron chi connectivity index (χ4n) is 4.29. The molecular formula is C30H43FN2O6Si. The van der Waals surface area contributed by atoms with Crippen molar-refractivity contribution >= 4 is 26.1 Å². The predicted octanol–water partition coefficient (Wildman–Crippen LogP) is 6.28. The molecule has 8 nitrogen and oxygen atoms in total. The molecule has 1 amide bonds. The maximum absolute atomic E-state index is 16.1. The summed E-state index contributed by atoms with van der Waals surface area (Å²) in [6.07, 6.45) is -0.516. The van der Waals surface area contributed by atoms with Gasteiger partial charge in [0.15, 0.2) is 14.1 Å². The van der Waals surface area contributed by atoms with Crippen LogP contribution in [0.25, 0.3) is 0 Å². The van der Waals surface area contributed by atoms with Crippen LogP contribution in [0.3, 0.4) is 0 Å². The molecule has 2 aromatic carbocycles. The van der Waals surface area contributed by atoms with Gasteiger partial charge in [-0.05, 0) is 74.5 Å². The first-order valence-electron chi connectivity index (χ1n) is 13.6. The number of nitrogens with one attached hydrogen (secondary N) is 2. The number of alkyl carbamates (subject to hydrolysis) is 1. The quantitative estimate of drug-likeness (QED) is 0.303. The number of fused-ring (bicyclic) bond motifs is 1. The van der Waals surface area contributed by atoms with Gasteiger partial charge in [0.25, 0.3) is 0 Å². The molecule has 0 saturated carbocycles. The fraction of sp³-hybridized carbons (Fsp3) is 0.533. The van der Waals surface area contributed by atoms with Crippen LogP contribution < -0.4 is 15.4 Å². The zero-order valence-electron chi connectivity index (χ0n) is 24.8. The largest absolute Gasteiger partial charge is 0.487 e. The Bertz CT molecular complexity index is 1210. The molecule has 1 aliphatic rings. The topological polar surface area (TPSA) is 106 Å². The summed E-state index contributed by atoms with van der Waals surface area (Å²) in [5, 5.41) is 14.8. The Balaban J connectivity index is 2.01. The number of hydrogen-bond donors (Lipinski definition) is 3. The van der Waals surface area contributed by atoms with Crippen LogP contribution in [0.5, 0.6) is 5.75 Å². The number of aliphatic carboxylic acids is 1. The summed E-state index contributed by atoms with van der Waals surface area (Å²) >= 11 is 0. The summed E-state index contributed by atoms with van der Waals surface area (Å²) in [7, 11) is -2.27. The van der Waals surface area contributed by atoms with Crippen molar-refractivity contribution in [3.05, 3.63) is 58.9 Å². The molecule has 0 fully saturated rings. The maximum Gasteiger partial charge on any atom is 0.407 e. The molecule has 0 aromatic heterocycles. The Morgan fingerprint density at radius 1 is 1.07 bits per heavy atom. The number of benzene rings is 2. The smallest absolute Gasteiger partial charge is 0.407 e. The molecule has 40 heavy (non-hydrogen) atoms. The summed E-state index contributed by atoms with van der Waals surface area (Å²) in [5.41, 5.74) is 1.27. The lowest BCUT2D eigenvalue weighted by Crippen LogP contribution is -2.55. The standard InChI is InChI=1S/C30H43FN2O6Si/c1-29(2,3)38-28(36)33-22-16-21-20(14-23(22)39-40(7,8)30(4,5)6)15-24(27(26(21)31)32-17-25(34)35)37-18-19-12-10-9-11-13-19/h9-13,15,22-23,32H,14,16-18H2,1-8H3,(H,33,36)(H,34,35)/t22-,23-/m0/s1. The minimum Gasteiger partial charge on any atom is -0.487 e. The van der Waals surface area contributed by atoms with Crippen molar-refractivity contribution in [2.45, 2.75) is 96.9 Å². The third-order valence-electron chi connectivity index (χ3n) is 7.33. The first-order valence-corrected chi connectivity index (χ1v) is 16.5. The molecular weight excluding hydrogens is 531 g/mol. The van der Waals surface area contributed by atoms with Crippen molar-refractivity contribution in [2.75, 3.05) is 11.9 Å². The Kier molecular flexibility index (Phi) is 9.56. The number of carbonyl (C=O) groups excluding carboxylic acids is 1. The normalized spacial score (nSPS) is 17.5. The average molecular weight is 575 g/mol. The lowest BCUT2D eigenvalue weighted by Gasteiger charge is -2.43. The lowest BCUT2D eigenvalue weighted by atomic mass is 9.85. The van der Waals surface area contributed by atoms with E-state index in [-0.39, 0.29) is 29.5 Å². The second-order valence-electron chi connectivity index (χ2n) is 12.8. The van der Waals surface area contributed by atoms with Gasteiger partial charge in [-0.1, -0.05) is 51.1 Å². The molecule has 3 N–H and O–H groups in total. The second kappa shape index (κ2) is 12.2. The third-order valence-corrected chi connectivity index (χ3v) is 11.8. The molecule has 10 heteroatoms. The number of amides is 1. The van der Waals surface area contributed by atoms with E-state index >= 15 is 4.39 Å². The highest BCUT2D eigenvalue weighted by Crippen LogP contribution is 2.41. The molecule has 0 heterocycles. The summed E-state index contributed by atoms with van der Waals surface area (Å²) in [6, 6.07) is 10.7. The number of carboxylic acid groups (broad SMARTS) is 1. The number of rotatable bonds is 9. The van der Waals surface area contributed by atoms with Crippen LogP contribution in [0.1, 0.15) is 58.2 Å². The number of carboxylic acids is 1. The monoisotopic (exact) mass is 574 g/mol. The van der Waals surface area contributed by atoms with Gasteiger partial charge in [0.2, 0.25) is 0 Å². The van der Waals surface area contributed by atoms with Crippen LogP contribution >= 0.6 is 0 Å². The number of halogens is 1. The van der Waals surface area contributed by atoms with Gasteiger partial charge in [0.1, 0.15) is 30.2 Å². The zero-order chi connectivity index (χ0) is 29.9. The zero-order valence-corrected chi connectivity index (χ0v) is 25.8. The van der Waals surface area contributed by atoms with Gasteiger partial charge in [-0.25, -0.2) is 9.18 Å². The van der Waals surface area contributed by atoms with Gasteiger partial charge >= 0.3 is 12.1 Å². The Labute approximate surface area is 237 Å². The number of ether oxygens (including phenoxy) is 2. The van der Waals surface area contributed by atoms with Gasteiger partial charge in [0, 0.05) is 0 Å². The Hall–Kier alpha value is -3.11. The van der Waals surface area contributed by atoms with Gasteiger partial charge in [0.05, 0.1) is 12.1 Å². The van der Waals surface area contributed by atoms with Crippen LogP contribution in [0, 0.1) is 5.82 Å². The summed E-state index contributed by atoms with van der Waals surface area (Å²) in [6.45, 7) is 15.8. The Morgan fingerprint density at radius 3 is 2.30 bits per heavy atom. The van der Waals surface area contributed by atoms with Gasteiger partial charge in [-0.15, -0.1) is 0 Å². The fourth-order valence-corrected chi connectivity index (χ4v) is 5.65. The van der Waals surface area contributed by atoms with E-state index < -0.39 is 50.5 Å². The third kappa shape index (κ3) is 8.20. The van der Waals surface area contributed by atoms with Crippen molar-refractivity contribution in [3.63, 3.8) is 0 Å². The van der Waals surface area contributed by atoms with E-state index in [2.05, 4.69) is 44.5 Å². The van der Waals surface area contributed by atoms with E-state index in [9.17, 15) is 14.7 Å². The van der Waals surface area contributed by atoms with E-state index in [1.807, 2.05) is 30.3 Å². The molecule has 0 spiro atoms. The lowest BCUT2D eigenvalue weighted by molar-refractivity contribution is -0.134. The summed E-state index contributed by atoms with van der Waals surface area (Å²) < 4.78 is 34.4. The van der Waals surface area contributed by atoms with Gasteiger partial charge in [-0.2, -0.15) is 0 Å². The molecule has 3 rings (SSSR count). The van der Waals surface area contributed by atoms with Crippen molar-refractivity contribution in [2.24, 2.45) is 0 Å². The van der Waals surface area contributed by atoms with E-state index in [0.29, 0.717) is 17.5 Å². The van der Waals surface area contributed by atoms with Crippen LogP contribution in [-0.4, -0.2) is 49.8 Å². The molecule has 0 aliphatic heterocycles. The predicted molar refractivity (Wildman–Crippen MR) is 156 cm³/mol. The number of anilines is 1. The molecule has 0 bridgehead atoms. The molecule has 2 aromatic rings. The molecule has 220 valence electrons. The maximum atomic E-state index is 16.1. The van der Waals surface area contributed by atoms with Crippen molar-refractivity contribution < 1.29 is 33.0 Å². The van der Waals surface area contributed by atoms with Crippen molar-refractivity contribution in [3.8, 4) is 5.75 Å². The molecule has 0 saturated heterocycles. The minimum absolute atomic E-state index is 0.0168. The first-order chi connectivity index (χ1) is 18.5. The van der Waals surface area contributed by atoms with E-state index in [4.69, 9.17) is 13.9 Å². The average Bonchev–Trinajstić information content (AvgIpc) is 2.81. The van der Waals surface area contributed by atoms with Gasteiger partial charge < -0.3 is 29.6 Å². The minimum atomic E-state index is -2.27. The SMILES string of the molecule is CC(C)(C)OC(=O)N[C@H]1Cc2c(cc(OCc3ccccc3)c(NCC(=O)O)c2F)C[C@@H]1O[Si](C)(C)C(C)(C)C. The van der Waals surface area contributed by atoms with E-state index in [1.54, 1.807) is 26.8 Å². The summed E-state index contributed by atoms with van der Waals surface area (Å²) in [5.74, 6) is -1.49. The number of hydrogen-bond acceptors (Lipinski definition) is 6. The molecule has 1 aliphatic carbocycles. The van der Waals surface area contributed by atoms with Crippen LogP contribution in [-0.2, 0) is 33.4 Å². The highest BCUT2D eigenvalue weighted by atomic mass is 28.4. The van der Waals surface area contributed by atoms with Crippen LogP contribution in [0.15, 0.2) is 36.4 Å². The van der Waals surface area contributed by atoms with Crippen LogP contribution in [0.4, 0.5) is 14.9 Å². The van der Waals surface area contributed by atoms with E-state index in [0.717, 1.165) is 5.56 Å².